The van der Waals surface area contributed by atoms with Gasteiger partial charge >= 0.3 is 19.8 Å². The molecule has 50 heavy (non-hydrogen) atoms. The zero-order chi connectivity index (χ0) is 36.8. The highest BCUT2D eigenvalue weighted by atomic mass is 31.2. The highest BCUT2D eigenvalue weighted by Crippen LogP contribution is 2.43. The van der Waals surface area contributed by atoms with Crippen LogP contribution in [0.4, 0.5) is 0 Å². The largest absolute Gasteiger partial charge is 0.472 e. The van der Waals surface area contributed by atoms with Gasteiger partial charge in [-0.25, -0.2) is 4.57 Å². The third-order valence-corrected chi connectivity index (χ3v) is 8.31. The molecular weight excluding hydrogens is 653 g/mol. The van der Waals surface area contributed by atoms with Crippen molar-refractivity contribution in [3.8, 4) is 0 Å². The first kappa shape index (κ1) is 47.4. The zero-order valence-corrected chi connectivity index (χ0v) is 32.0. The molecule has 0 rings (SSSR count). The number of carbonyl (C=O) groups is 2. The number of hydrogen-bond donors (Lipinski definition) is 2. The number of rotatable bonds is 34. The fourth-order valence-electron chi connectivity index (χ4n) is 4.52. The second-order valence-electron chi connectivity index (χ2n) is 12.1. The highest BCUT2D eigenvalue weighted by Gasteiger charge is 2.25. The molecule has 0 fully saturated rings. The first-order valence-corrected chi connectivity index (χ1v) is 20.4. The van der Waals surface area contributed by atoms with Gasteiger partial charge in [-0.15, -0.1) is 0 Å². The molecule has 0 aliphatic heterocycles. The zero-order valence-electron chi connectivity index (χ0n) is 31.1. The molecule has 286 valence electrons. The van der Waals surface area contributed by atoms with Gasteiger partial charge in [-0.05, 0) is 77.0 Å². The molecule has 0 saturated heterocycles. The molecule has 0 aliphatic rings. The molecule has 0 aromatic carbocycles. The standard InChI is InChI=1S/C40H68NO8P/c1-3-5-7-9-11-13-15-17-19-21-23-25-27-29-31-33-40(43)49-38(37-48-50(44,45)47-35-34-41)36-46-39(42)32-30-28-26-24-22-20-18-16-14-12-10-8-6-4-2/h5,7,10-13,16-19,23,25,38H,3-4,6,8-9,14-15,20-22,24,26-37,41H2,1-2H3,(H,44,45)/b7-5-,12-10-,13-11-,18-16-,19-17-,25-23-. The van der Waals surface area contributed by atoms with Gasteiger partial charge in [0.2, 0.25) is 0 Å². The summed E-state index contributed by atoms with van der Waals surface area (Å²) in [7, 11) is -4.39. The maximum absolute atomic E-state index is 12.5. The molecule has 0 saturated carbocycles. The molecule has 9 nitrogen and oxygen atoms in total. The minimum absolute atomic E-state index is 0.0406. The average molecular weight is 722 g/mol. The van der Waals surface area contributed by atoms with Crippen LogP contribution >= 0.6 is 7.82 Å². The molecule has 0 spiro atoms. The van der Waals surface area contributed by atoms with Crippen LogP contribution in [0.2, 0.25) is 0 Å². The number of carbonyl (C=O) groups excluding carboxylic acids is 2. The van der Waals surface area contributed by atoms with Crippen LogP contribution in [-0.2, 0) is 32.7 Å². The number of unbranched alkanes of at least 4 members (excludes halogenated alkanes) is 9. The number of esters is 2. The van der Waals surface area contributed by atoms with Gasteiger partial charge in [-0.1, -0.05) is 119 Å². The predicted octanol–water partition coefficient (Wildman–Crippen LogP) is 10.3. The van der Waals surface area contributed by atoms with E-state index in [0.29, 0.717) is 12.8 Å². The van der Waals surface area contributed by atoms with Crippen LogP contribution in [0.25, 0.3) is 0 Å². The van der Waals surface area contributed by atoms with Crippen LogP contribution in [0.3, 0.4) is 0 Å². The molecule has 0 aromatic heterocycles. The summed E-state index contributed by atoms with van der Waals surface area (Å²) in [5.74, 6) is -0.904. The lowest BCUT2D eigenvalue weighted by Crippen LogP contribution is -2.29. The molecule has 0 aliphatic carbocycles. The van der Waals surface area contributed by atoms with Crippen LogP contribution in [0.5, 0.6) is 0 Å². The Bertz CT molecular complexity index is 1050. The number of phosphoric ester groups is 1. The number of nitrogens with two attached hydrogens (primary N) is 1. The summed E-state index contributed by atoms with van der Waals surface area (Å²) in [6.07, 6.45) is 42.2. The second kappa shape index (κ2) is 36.2. The smallest absolute Gasteiger partial charge is 0.462 e. The predicted molar refractivity (Wildman–Crippen MR) is 206 cm³/mol. The van der Waals surface area contributed by atoms with Crippen LogP contribution < -0.4 is 5.73 Å². The van der Waals surface area contributed by atoms with Crippen molar-refractivity contribution in [1.29, 1.82) is 0 Å². The van der Waals surface area contributed by atoms with E-state index in [2.05, 4.69) is 86.8 Å². The lowest BCUT2D eigenvalue weighted by molar-refractivity contribution is -0.161. The second-order valence-corrected chi connectivity index (χ2v) is 13.5. The molecule has 2 unspecified atom stereocenters. The normalized spacial score (nSPS) is 14.2. The Kier molecular flexibility index (Phi) is 34.4. The molecule has 0 aromatic rings. The van der Waals surface area contributed by atoms with Gasteiger partial charge in [0.05, 0.1) is 13.2 Å². The number of hydrogen-bond acceptors (Lipinski definition) is 8. The minimum atomic E-state index is -4.39. The van der Waals surface area contributed by atoms with Crippen LogP contribution in [-0.4, -0.2) is 49.3 Å². The lowest BCUT2D eigenvalue weighted by atomic mass is 10.1. The Balaban J connectivity index is 4.35. The van der Waals surface area contributed by atoms with Crippen molar-refractivity contribution >= 4 is 19.8 Å². The van der Waals surface area contributed by atoms with E-state index in [9.17, 15) is 19.0 Å². The average Bonchev–Trinajstić information content (AvgIpc) is 3.10. The Morgan fingerprint density at radius 2 is 1.10 bits per heavy atom. The SMILES string of the molecule is CC/C=C\C/C=C\C/C=C\C/C=C\CCCCC(=O)OC(COC(=O)CCCCCCC/C=C\C/C=C\CCCC)COP(=O)(O)OCCN. The quantitative estimate of drug-likeness (QED) is 0.0288. The lowest BCUT2D eigenvalue weighted by Gasteiger charge is -2.19. The van der Waals surface area contributed by atoms with Gasteiger partial charge in [0.15, 0.2) is 6.10 Å². The summed E-state index contributed by atoms with van der Waals surface area (Å²) in [6.45, 7) is 3.47. The maximum Gasteiger partial charge on any atom is 0.472 e. The molecule has 2 atom stereocenters. The van der Waals surface area contributed by atoms with Crippen molar-refractivity contribution < 1.29 is 37.6 Å². The van der Waals surface area contributed by atoms with E-state index in [4.69, 9.17) is 24.3 Å². The van der Waals surface area contributed by atoms with E-state index in [1.54, 1.807) is 0 Å². The van der Waals surface area contributed by atoms with E-state index in [1.807, 2.05) is 0 Å². The van der Waals surface area contributed by atoms with Crippen molar-refractivity contribution in [3.63, 3.8) is 0 Å². The Morgan fingerprint density at radius 1 is 0.620 bits per heavy atom. The summed E-state index contributed by atoms with van der Waals surface area (Å²) in [4.78, 5) is 34.7. The summed E-state index contributed by atoms with van der Waals surface area (Å²) >= 11 is 0. The highest BCUT2D eigenvalue weighted by molar-refractivity contribution is 7.47. The van der Waals surface area contributed by atoms with Crippen LogP contribution in [0.1, 0.15) is 136 Å². The van der Waals surface area contributed by atoms with Crippen molar-refractivity contribution in [1.82, 2.24) is 0 Å². The van der Waals surface area contributed by atoms with Crippen LogP contribution in [0, 0.1) is 0 Å². The van der Waals surface area contributed by atoms with Crippen LogP contribution in [0.15, 0.2) is 72.9 Å². The van der Waals surface area contributed by atoms with E-state index >= 15 is 0 Å². The number of allylic oxidation sites excluding steroid dienone is 12. The molecule has 0 radical (unpaired) electrons. The Hall–Kier alpha value is -2.55. The topological polar surface area (TPSA) is 134 Å². The summed E-state index contributed by atoms with van der Waals surface area (Å²) in [6, 6.07) is 0. The summed E-state index contributed by atoms with van der Waals surface area (Å²) in [5.41, 5.74) is 5.32. The van der Waals surface area contributed by atoms with Crippen molar-refractivity contribution in [2.75, 3.05) is 26.4 Å². The van der Waals surface area contributed by atoms with Crippen molar-refractivity contribution in [3.05, 3.63) is 72.9 Å². The van der Waals surface area contributed by atoms with E-state index < -0.39 is 32.5 Å². The maximum atomic E-state index is 12.5. The monoisotopic (exact) mass is 721 g/mol. The van der Waals surface area contributed by atoms with Gasteiger partial charge in [0.1, 0.15) is 6.61 Å². The number of ether oxygens (including phenoxy) is 2. The van der Waals surface area contributed by atoms with Gasteiger partial charge in [0.25, 0.3) is 0 Å². The van der Waals surface area contributed by atoms with E-state index in [1.165, 1.54) is 12.8 Å². The minimum Gasteiger partial charge on any atom is -0.462 e. The van der Waals surface area contributed by atoms with Gasteiger partial charge in [0, 0.05) is 19.4 Å². The molecule has 0 heterocycles. The first-order chi connectivity index (χ1) is 24.3. The third kappa shape index (κ3) is 35.3. The van der Waals surface area contributed by atoms with Gasteiger partial charge in [-0.3, -0.25) is 18.6 Å². The van der Waals surface area contributed by atoms with Gasteiger partial charge < -0.3 is 20.1 Å². The van der Waals surface area contributed by atoms with E-state index in [0.717, 1.165) is 83.5 Å². The van der Waals surface area contributed by atoms with E-state index in [-0.39, 0.29) is 32.6 Å². The summed E-state index contributed by atoms with van der Waals surface area (Å²) in [5, 5.41) is 0. The summed E-state index contributed by atoms with van der Waals surface area (Å²) < 4.78 is 32.6. The fourth-order valence-corrected chi connectivity index (χ4v) is 5.29. The Labute approximate surface area is 303 Å². The molecule has 10 heteroatoms. The third-order valence-electron chi connectivity index (χ3n) is 7.33. The van der Waals surface area contributed by atoms with Gasteiger partial charge in [-0.2, -0.15) is 0 Å². The molecule has 0 bridgehead atoms. The molecular formula is C40H68NO8P. The fraction of sp³-hybridized carbons (Fsp3) is 0.650. The van der Waals surface area contributed by atoms with Crippen molar-refractivity contribution in [2.24, 2.45) is 5.73 Å². The van der Waals surface area contributed by atoms with Crippen molar-refractivity contribution in [2.45, 2.75) is 142 Å². The molecule has 0 amide bonds. The first-order valence-electron chi connectivity index (χ1n) is 18.9. The molecule has 3 N–H and O–H groups in total. The Morgan fingerprint density at radius 3 is 1.68 bits per heavy atom. The number of phosphoric acid groups is 1.